The third kappa shape index (κ3) is 4.46. The Kier molecular flexibility index (Phi) is 6.06. The number of halogens is 1. The Labute approximate surface area is 195 Å². The van der Waals surface area contributed by atoms with E-state index in [9.17, 15) is 9.59 Å². The lowest BCUT2D eigenvalue weighted by molar-refractivity contribution is -0.122. The van der Waals surface area contributed by atoms with Crippen molar-refractivity contribution in [3.05, 3.63) is 71.2 Å². The summed E-state index contributed by atoms with van der Waals surface area (Å²) in [7, 11) is 0. The van der Waals surface area contributed by atoms with Crippen molar-refractivity contribution in [3.8, 4) is 11.5 Å². The van der Waals surface area contributed by atoms with Crippen LogP contribution in [0.2, 0.25) is 0 Å². The van der Waals surface area contributed by atoms with Crippen molar-refractivity contribution in [1.29, 1.82) is 0 Å². The van der Waals surface area contributed by atoms with Crippen LogP contribution < -0.4 is 9.64 Å². The molecule has 1 aromatic heterocycles. The molecule has 3 aromatic rings. The summed E-state index contributed by atoms with van der Waals surface area (Å²) in [4.78, 5) is 34.5. The SMILES string of the molecule is O=C(c1nccs1)N1CCN(C2CN(c3ccc(Oc4ccccc4)cc3)C(=O)C2F)CC1. The first kappa shape index (κ1) is 21.5. The zero-order chi connectivity index (χ0) is 22.8. The molecule has 2 atom stereocenters. The van der Waals surface area contributed by atoms with Crippen molar-refractivity contribution in [2.75, 3.05) is 37.6 Å². The van der Waals surface area contributed by atoms with Gasteiger partial charge < -0.3 is 14.5 Å². The molecule has 2 aliphatic rings. The average Bonchev–Trinajstić information content (AvgIpc) is 3.49. The Hall–Kier alpha value is -3.30. The zero-order valence-electron chi connectivity index (χ0n) is 17.8. The predicted molar refractivity (Wildman–Crippen MR) is 124 cm³/mol. The largest absolute Gasteiger partial charge is 0.457 e. The van der Waals surface area contributed by atoms with E-state index >= 15 is 4.39 Å². The minimum absolute atomic E-state index is 0.0941. The first-order valence-corrected chi connectivity index (χ1v) is 11.7. The van der Waals surface area contributed by atoms with Gasteiger partial charge in [0, 0.05) is 50.0 Å². The molecule has 170 valence electrons. The van der Waals surface area contributed by atoms with E-state index in [0.717, 1.165) is 5.75 Å². The Balaban J connectivity index is 1.21. The first-order valence-electron chi connectivity index (χ1n) is 10.8. The highest BCUT2D eigenvalue weighted by Gasteiger charge is 2.45. The number of nitrogens with zero attached hydrogens (tertiary/aromatic N) is 4. The van der Waals surface area contributed by atoms with E-state index in [2.05, 4.69) is 4.98 Å². The number of thiazole rings is 1. The molecule has 5 rings (SSSR count). The van der Waals surface area contributed by atoms with Crippen molar-refractivity contribution in [3.63, 3.8) is 0 Å². The van der Waals surface area contributed by atoms with Gasteiger partial charge in [0.1, 0.15) is 11.5 Å². The van der Waals surface area contributed by atoms with Crippen molar-refractivity contribution in [2.24, 2.45) is 0 Å². The highest BCUT2D eigenvalue weighted by atomic mass is 32.1. The van der Waals surface area contributed by atoms with E-state index in [1.54, 1.807) is 40.7 Å². The number of alkyl halides is 1. The average molecular weight is 467 g/mol. The van der Waals surface area contributed by atoms with E-state index < -0.39 is 18.1 Å². The third-order valence-corrected chi connectivity index (χ3v) is 6.78. The molecular formula is C24H23FN4O3S. The lowest BCUT2D eigenvalue weighted by Gasteiger charge is -2.37. The fraction of sp³-hybridized carbons (Fsp3) is 0.292. The van der Waals surface area contributed by atoms with Crippen molar-refractivity contribution in [1.82, 2.24) is 14.8 Å². The lowest BCUT2D eigenvalue weighted by atomic mass is 10.1. The number of ether oxygens (including phenoxy) is 1. The smallest absolute Gasteiger partial charge is 0.282 e. The Morgan fingerprint density at radius 3 is 2.36 bits per heavy atom. The predicted octanol–water partition coefficient (Wildman–Crippen LogP) is 3.45. The molecule has 2 aliphatic heterocycles. The van der Waals surface area contributed by atoms with Gasteiger partial charge in [-0.05, 0) is 36.4 Å². The van der Waals surface area contributed by atoms with Gasteiger partial charge in [0.2, 0.25) is 0 Å². The van der Waals surface area contributed by atoms with Gasteiger partial charge >= 0.3 is 0 Å². The number of hydrogen-bond donors (Lipinski definition) is 0. The van der Waals surface area contributed by atoms with E-state index in [1.807, 2.05) is 35.2 Å². The molecule has 2 aromatic carbocycles. The second kappa shape index (κ2) is 9.29. The minimum Gasteiger partial charge on any atom is -0.457 e. The van der Waals surface area contributed by atoms with E-state index in [4.69, 9.17) is 4.74 Å². The van der Waals surface area contributed by atoms with Crippen LogP contribution in [0.4, 0.5) is 10.1 Å². The van der Waals surface area contributed by atoms with Crippen LogP contribution in [0.15, 0.2) is 66.2 Å². The molecule has 0 N–H and O–H groups in total. The molecule has 3 heterocycles. The van der Waals surface area contributed by atoms with Gasteiger partial charge in [-0.2, -0.15) is 0 Å². The van der Waals surface area contributed by atoms with Gasteiger partial charge in [-0.1, -0.05) is 18.2 Å². The summed E-state index contributed by atoms with van der Waals surface area (Å²) in [5.74, 6) is 0.742. The number of benzene rings is 2. The van der Waals surface area contributed by atoms with Gasteiger partial charge in [0.25, 0.3) is 11.8 Å². The Morgan fingerprint density at radius 2 is 1.70 bits per heavy atom. The second-order valence-corrected chi connectivity index (χ2v) is 8.89. The first-order chi connectivity index (χ1) is 16.1. The molecule has 0 bridgehead atoms. The van der Waals surface area contributed by atoms with Crippen LogP contribution in [0.3, 0.4) is 0 Å². The van der Waals surface area contributed by atoms with E-state index in [-0.39, 0.29) is 12.5 Å². The number of carbonyl (C=O) groups excluding carboxylic acids is 2. The van der Waals surface area contributed by atoms with Crippen LogP contribution >= 0.6 is 11.3 Å². The summed E-state index contributed by atoms with van der Waals surface area (Å²) in [5.41, 5.74) is 0.642. The molecule has 2 unspecified atom stereocenters. The Bertz CT molecular complexity index is 1100. The molecule has 0 spiro atoms. The maximum absolute atomic E-state index is 15.0. The summed E-state index contributed by atoms with van der Waals surface area (Å²) >= 11 is 1.31. The molecule has 7 nitrogen and oxygen atoms in total. The van der Waals surface area contributed by atoms with Crippen molar-refractivity contribution in [2.45, 2.75) is 12.2 Å². The lowest BCUT2D eigenvalue weighted by Crippen LogP contribution is -2.54. The molecular weight excluding hydrogens is 443 g/mol. The highest BCUT2D eigenvalue weighted by Crippen LogP contribution is 2.30. The van der Waals surface area contributed by atoms with Crippen molar-refractivity contribution < 1.29 is 18.7 Å². The molecule has 0 saturated carbocycles. The molecule has 33 heavy (non-hydrogen) atoms. The van der Waals surface area contributed by atoms with E-state index in [0.29, 0.717) is 42.6 Å². The Morgan fingerprint density at radius 1 is 1.00 bits per heavy atom. The molecule has 2 fully saturated rings. The number of rotatable bonds is 5. The zero-order valence-corrected chi connectivity index (χ0v) is 18.7. The summed E-state index contributed by atoms with van der Waals surface area (Å²) < 4.78 is 20.8. The second-order valence-electron chi connectivity index (χ2n) is 7.99. The van der Waals surface area contributed by atoms with Gasteiger partial charge in [0.05, 0.1) is 6.04 Å². The molecule has 9 heteroatoms. The maximum atomic E-state index is 15.0. The van der Waals surface area contributed by atoms with Gasteiger partial charge in [-0.25, -0.2) is 9.37 Å². The summed E-state index contributed by atoms with van der Waals surface area (Å²) in [6.07, 6.45) is 0.0208. The quantitative estimate of drug-likeness (QED) is 0.576. The van der Waals surface area contributed by atoms with Crippen LogP contribution in [0.1, 0.15) is 9.80 Å². The normalized spacial score (nSPS) is 21.4. The van der Waals surface area contributed by atoms with Crippen LogP contribution in [0, 0.1) is 0 Å². The fourth-order valence-electron chi connectivity index (χ4n) is 4.26. The van der Waals surface area contributed by atoms with Crippen LogP contribution in [-0.2, 0) is 4.79 Å². The number of carbonyl (C=O) groups is 2. The van der Waals surface area contributed by atoms with Crippen LogP contribution in [0.5, 0.6) is 11.5 Å². The number of para-hydroxylation sites is 1. The number of aromatic nitrogens is 1. The summed E-state index contributed by atoms with van der Waals surface area (Å²) in [6.45, 7) is 2.29. The maximum Gasteiger partial charge on any atom is 0.282 e. The standard InChI is InChI=1S/C24H23FN4O3S/c25-21-20(27-11-13-28(14-12-27)24(31)22-26-10-15-33-22)16-29(23(21)30)17-6-8-19(9-7-17)32-18-4-2-1-3-5-18/h1-10,15,20-21H,11-14,16H2. The van der Waals surface area contributed by atoms with E-state index in [1.165, 1.54) is 16.2 Å². The monoisotopic (exact) mass is 466 g/mol. The summed E-state index contributed by atoms with van der Waals surface area (Å²) in [5, 5.41) is 2.24. The van der Waals surface area contributed by atoms with Crippen LogP contribution in [0.25, 0.3) is 0 Å². The van der Waals surface area contributed by atoms with Crippen LogP contribution in [-0.4, -0.2) is 71.5 Å². The van der Waals surface area contributed by atoms with Gasteiger partial charge in [-0.3, -0.25) is 14.5 Å². The molecule has 0 aliphatic carbocycles. The van der Waals surface area contributed by atoms with Gasteiger partial charge in [0.15, 0.2) is 11.2 Å². The third-order valence-electron chi connectivity index (χ3n) is 6.02. The minimum atomic E-state index is -1.59. The topological polar surface area (TPSA) is 66.0 Å². The van der Waals surface area contributed by atoms with Gasteiger partial charge in [-0.15, -0.1) is 11.3 Å². The number of amides is 2. The van der Waals surface area contributed by atoms with Crippen molar-refractivity contribution >= 4 is 28.8 Å². The fourth-order valence-corrected chi connectivity index (χ4v) is 4.86. The number of hydrogen-bond acceptors (Lipinski definition) is 6. The number of anilines is 1. The molecule has 0 radical (unpaired) electrons. The summed E-state index contributed by atoms with van der Waals surface area (Å²) in [6, 6.07) is 16.0. The molecule has 2 amide bonds. The molecule has 2 saturated heterocycles. The number of piperazine rings is 1. The highest BCUT2D eigenvalue weighted by molar-refractivity contribution is 7.11.